The molecule has 108 valence electrons. The first-order valence-electron chi connectivity index (χ1n) is 7.65. The van der Waals surface area contributed by atoms with Gasteiger partial charge in [0, 0.05) is 17.1 Å². The molecule has 1 aromatic carbocycles. The molecule has 1 atom stereocenters. The Labute approximate surface area is 121 Å². The van der Waals surface area contributed by atoms with Gasteiger partial charge in [0.05, 0.1) is 5.52 Å². The van der Waals surface area contributed by atoms with Crippen molar-refractivity contribution in [2.75, 3.05) is 11.1 Å². The normalized spacial score (nSPS) is 12.5. The van der Waals surface area contributed by atoms with E-state index in [2.05, 4.69) is 36.3 Å². The van der Waals surface area contributed by atoms with Gasteiger partial charge in [-0.1, -0.05) is 33.1 Å². The molecule has 3 heteroatoms. The van der Waals surface area contributed by atoms with Crippen molar-refractivity contribution < 1.29 is 0 Å². The number of fused-ring (bicyclic) bond motifs is 1. The number of nitrogens with zero attached hydrogens (tertiary/aromatic N) is 1. The van der Waals surface area contributed by atoms with E-state index in [4.69, 9.17) is 5.73 Å². The Morgan fingerprint density at radius 2 is 1.95 bits per heavy atom. The molecule has 0 bridgehead atoms. The number of hydrogen-bond donors (Lipinski definition) is 2. The molecular formula is C17H25N3. The lowest BCUT2D eigenvalue weighted by Crippen LogP contribution is -2.19. The Balaban J connectivity index is 2.12. The second kappa shape index (κ2) is 7.13. The fourth-order valence-corrected chi connectivity index (χ4v) is 2.52. The fraction of sp³-hybridized carbons (Fsp3) is 0.471. The summed E-state index contributed by atoms with van der Waals surface area (Å²) in [4.78, 5) is 4.68. The van der Waals surface area contributed by atoms with Crippen LogP contribution in [0.3, 0.4) is 0 Å². The molecule has 1 unspecified atom stereocenters. The number of nitrogens with two attached hydrogens (primary N) is 1. The molecule has 1 heterocycles. The van der Waals surface area contributed by atoms with Gasteiger partial charge in [0.15, 0.2) is 0 Å². The second-order valence-electron chi connectivity index (χ2n) is 5.42. The van der Waals surface area contributed by atoms with Gasteiger partial charge >= 0.3 is 0 Å². The van der Waals surface area contributed by atoms with E-state index in [1.165, 1.54) is 32.1 Å². The molecule has 1 aromatic heterocycles. The Morgan fingerprint density at radius 1 is 1.10 bits per heavy atom. The topological polar surface area (TPSA) is 50.9 Å². The summed E-state index contributed by atoms with van der Waals surface area (Å²) in [5.74, 6) is 0.969. The summed E-state index contributed by atoms with van der Waals surface area (Å²) in [7, 11) is 0. The summed E-state index contributed by atoms with van der Waals surface area (Å²) < 4.78 is 0. The average Bonchev–Trinajstić information content (AvgIpc) is 2.45. The molecule has 0 radical (unpaired) electrons. The first-order valence-corrected chi connectivity index (χ1v) is 7.65. The van der Waals surface area contributed by atoms with Crippen molar-refractivity contribution in [3.8, 4) is 0 Å². The highest BCUT2D eigenvalue weighted by Crippen LogP contribution is 2.20. The van der Waals surface area contributed by atoms with Crippen molar-refractivity contribution in [2.45, 2.75) is 52.0 Å². The predicted molar refractivity (Wildman–Crippen MR) is 88.0 cm³/mol. The van der Waals surface area contributed by atoms with Gasteiger partial charge in [-0.25, -0.2) is 4.98 Å². The van der Waals surface area contributed by atoms with Crippen molar-refractivity contribution in [1.29, 1.82) is 0 Å². The molecular weight excluding hydrogens is 246 g/mol. The van der Waals surface area contributed by atoms with Gasteiger partial charge < -0.3 is 11.1 Å². The number of aromatic nitrogens is 1. The molecule has 0 spiro atoms. The summed E-state index contributed by atoms with van der Waals surface area (Å²) >= 11 is 0. The van der Waals surface area contributed by atoms with Crippen LogP contribution >= 0.6 is 0 Å². The first-order chi connectivity index (χ1) is 9.72. The zero-order valence-electron chi connectivity index (χ0n) is 12.5. The molecule has 3 nitrogen and oxygen atoms in total. The molecule has 0 saturated heterocycles. The van der Waals surface area contributed by atoms with Crippen LogP contribution in [0.5, 0.6) is 0 Å². The van der Waals surface area contributed by atoms with Gasteiger partial charge in [-0.2, -0.15) is 0 Å². The third kappa shape index (κ3) is 3.86. The predicted octanol–water partition coefficient (Wildman–Crippen LogP) is 4.59. The van der Waals surface area contributed by atoms with Crippen LogP contribution in [-0.4, -0.2) is 11.0 Å². The molecule has 0 aliphatic heterocycles. The number of anilines is 2. The van der Waals surface area contributed by atoms with Crippen LogP contribution in [0, 0.1) is 0 Å². The highest BCUT2D eigenvalue weighted by molar-refractivity contribution is 5.83. The molecule has 0 saturated carbocycles. The Bertz CT molecular complexity index is 551. The SMILES string of the molecule is CCCCC(CCC)Nc1ccc2cc(N)ccc2n1. The van der Waals surface area contributed by atoms with Crippen LogP contribution < -0.4 is 11.1 Å². The highest BCUT2D eigenvalue weighted by Gasteiger charge is 2.08. The Morgan fingerprint density at radius 3 is 2.70 bits per heavy atom. The van der Waals surface area contributed by atoms with Crippen molar-refractivity contribution in [3.63, 3.8) is 0 Å². The highest BCUT2D eigenvalue weighted by atomic mass is 15.0. The molecule has 3 N–H and O–H groups in total. The van der Waals surface area contributed by atoms with E-state index in [9.17, 15) is 0 Å². The van der Waals surface area contributed by atoms with Crippen LogP contribution in [0.4, 0.5) is 11.5 Å². The third-order valence-corrected chi connectivity index (χ3v) is 3.61. The van der Waals surface area contributed by atoms with Gasteiger partial charge in [-0.15, -0.1) is 0 Å². The van der Waals surface area contributed by atoms with Crippen LogP contribution in [0.15, 0.2) is 30.3 Å². The summed E-state index contributed by atoms with van der Waals surface area (Å²) in [6.07, 6.45) is 6.12. The van der Waals surface area contributed by atoms with E-state index in [1.807, 2.05) is 18.2 Å². The number of pyridine rings is 1. The minimum absolute atomic E-state index is 0.527. The van der Waals surface area contributed by atoms with E-state index in [0.717, 1.165) is 22.4 Å². The number of nitrogens with one attached hydrogen (secondary N) is 1. The standard InChI is InChI=1S/C17H25N3/c1-3-5-7-15(6-4-2)19-17-11-8-13-12-14(18)9-10-16(13)20-17/h8-12,15H,3-7,18H2,1-2H3,(H,19,20). The molecule has 0 amide bonds. The Kier molecular flexibility index (Phi) is 5.22. The number of benzene rings is 1. The number of nitrogen functional groups attached to an aromatic ring is 1. The van der Waals surface area contributed by atoms with Crippen molar-refractivity contribution >= 4 is 22.4 Å². The van der Waals surface area contributed by atoms with E-state index in [0.29, 0.717) is 6.04 Å². The van der Waals surface area contributed by atoms with Gasteiger partial charge in [0.2, 0.25) is 0 Å². The second-order valence-corrected chi connectivity index (χ2v) is 5.42. The third-order valence-electron chi connectivity index (χ3n) is 3.61. The smallest absolute Gasteiger partial charge is 0.126 e. The van der Waals surface area contributed by atoms with E-state index in [1.54, 1.807) is 0 Å². The molecule has 0 aliphatic rings. The van der Waals surface area contributed by atoms with Crippen molar-refractivity contribution in [1.82, 2.24) is 4.98 Å². The van der Waals surface area contributed by atoms with Gasteiger partial charge in [0.1, 0.15) is 5.82 Å². The quantitative estimate of drug-likeness (QED) is 0.724. The average molecular weight is 271 g/mol. The lowest BCUT2D eigenvalue weighted by molar-refractivity contribution is 0.563. The molecule has 0 fully saturated rings. The largest absolute Gasteiger partial charge is 0.399 e. The fourth-order valence-electron chi connectivity index (χ4n) is 2.52. The van der Waals surface area contributed by atoms with E-state index in [-0.39, 0.29) is 0 Å². The van der Waals surface area contributed by atoms with E-state index >= 15 is 0 Å². The van der Waals surface area contributed by atoms with Gasteiger partial charge in [0.25, 0.3) is 0 Å². The maximum absolute atomic E-state index is 5.79. The maximum Gasteiger partial charge on any atom is 0.126 e. The minimum atomic E-state index is 0.527. The maximum atomic E-state index is 5.79. The summed E-state index contributed by atoms with van der Waals surface area (Å²) in [5, 5.41) is 4.67. The van der Waals surface area contributed by atoms with Gasteiger partial charge in [-0.05, 0) is 43.2 Å². The summed E-state index contributed by atoms with van der Waals surface area (Å²) in [6, 6.07) is 10.5. The van der Waals surface area contributed by atoms with Crippen LogP contribution in [0.2, 0.25) is 0 Å². The van der Waals surface area contributed by atoms with Crippen molar-refractivity contribution in [3.05, 3.63) is 30.3 Å². The van der Waals surface area contributed by atoms with Crippen molar-refractivity contribution in [2.24, 2.45) is 0 Å². The number of rotatable bonds is 7. The molecule has 2 aromatic rings. The number of unbranched alkanes of at least 4 members (excludes halogenated alkanes) is 1. The molecule has 20 heavy (non-hydrogen) atoms. The Hall–Kier alpha value is -1.77. The van der Waals surface area contributed by atoms with E-state index < -0.39 is 0 Å². The molecule has 2 rings (SSSR count). The summed E-state index contributed by atoms with van der Waals surface area (Å²) in [6.45, 7) is 4.47. The zero-order valence-corrected chi connectivity index (χ0v) is 12.5. The zero-order chi connectivity index (χ0) is 14.4. The number of hydrogen-bond acceptors (Lipinski definition) is 3. The molecule has 0 aliphatic carbocycles. The van der Waals surface area contributed by atoms with Crippen LogP contribution in [0.1, 0.15) is 46.0 Å². The summed E-state index contributed by atoms with van der Waals surface area (Å²) in [5.41, 5.74) is 7.57. The lowest BCUT2D eigenvalue weighted by Gasteiger charge is -2.18. The minimum Gasteiger partial charge on any atom is -0.399 e. The van der Waals surface area contributed by atoms with Crippen LogP contribution in [0.25, 0.3) is 10.9 Å². The first kappa shape index (κ1) is 14.6. The monoisotopic (exact) mass is 271 g/mol. The van der Waals surface area contributed by atoms with Crippen LogP contribution in [-0.2, 0) is 0 Å². The van der Waals surface area contributed by atoms with Gasteiger partial charge in [-0.3, -0.25) is 0 Å². The lowest BCUT2D eigenvalue weighted by atomic mass is 10.1.